The molecule has 27 heavy (non-hydrogen) atoms. The van der Waals surface area contributed by atoms with Gasteiger partial charge in [0.1, 0.15) is 6.61 Å². The molecule has 2 aliphatic rings. The highest BCUT2D eigenvalue weighted by molar-refractivity contribution is 6.06. The van der Waals surface area contributed by atoms with E-state index in [-0.39, 0.29) is 24.7 Å². The van der Waals surface area contributed by atoms with Crippen LogP contribution in [0.15, 0.2) is 53.7 Å². The van der Waals surface area contributed by atoms with Crippen LogP contribution < -0.4 is 9.64 Å². The lowest BCUT2D eigenvalue weighted by molar-refractivity contribution is -0.136. The first kappa shape index (κ1) is 17.1. The van der Waals surface area contributed by atoms with Crippen LogP contribution in [0.25, 0.3) is 0 Å². The SMILES string of the molecule is COc1cc([C@H]2CC(=O)N(c3cccc(C)c3)C3=C2C(=O)OC3)ccc1O. The third kappa shape index (κ3) is 2.83. The number of anilines is 1. The van der Waals surface area contributed by atoms with Crippen molar-refractivity contribution < 1.29 is 24.2 Å². The fourth-order valence-corrected chi connectivity index (χ4v) is 3.72. The number of methoxy groups -OCH3 is 1. The Balaban J connectivity index is 1.83. The van der Waals surface area contributed by atoms with Crippen molar-refractivity contribution in [2.45, 2.75) is 19.3 Å². The van der Waals surface area contributed by atoms with Gasteiger partial charge in [0.15, 0.2) is 11.5 Å². The summed E-state index contributed by atoms with van der Waals surface area (Å²) in [4.78, 5) is 27.1. The minimum absolute atomic E-state index is 0.00738. The molecule has 0 fully saturated rings. The molecule has 0 radical (unpaired) electrons. The van der Waals surface area contributed by atoms with Crippen LogP contribution in [-0.4, -0.2) is 30.7 Å². The first-order valence-electron chi connectivity index (χ1n) is 8.66. The number of benzene rings is 2. The number of hydrogen-bond donors (Lipinski definition) is 1. The highest BCUT2D eigenvalue weighted by Crippen LogP contribution is 2.43. The van der Waals surface area contributed by atoms with Crippen molar-refractivity contribution in [1.82, 2.24) is 0 Å². The number of amides is 1. The molecule has 4 rings (SSSR count). The maximum Gasteiger partial charge on any atom is 0.336 e. The van der Waals surface area contributed by atoms with Crippen LogP contribution in [-0.2, 0) is 14.3 Å². The van der Waals surface area contributed by atoms with Crippen LogP contribution >= 0.6 is 0 Å². The van der Waals surface area contributed by atoms with Gasteiger partial charge in [-0.2, -0.15) is 0 Å². The van der Waals surface area contributed by atoms with Gasteiger partial charge in [0, 0.05) is 18.0 Å². The van der Waals surface area contributed by atoms with Crippen molar-refractivity contribution in [2.24, 2.45) is 0 Å². The minimum Gasteiger partial charge on any atom is -0.504 e. The van der Waals surface area contributed by atoms with E-state index in [9.17, 15) is 14.7 Å². The Morgan fingerprint density at radius 2 is 2.00 bits per heavy atom. The third-order valence-corrected chi connectivity index (χ3v) is 4.98. The number of phenolic OH excluding ortho intramolecular Hbond substituents is 1. The second-order valence-corrected chi connectivity index (χ2v) is 6.69. The molecule has 0 bridgehead atoms. The largest absolute Gasteiger partial charge is 0.504 e. The Labute approximate surface area is 156 Å². The average Bonchev–Trinajstić information content (AvgIpc) is 3.03. The molecule has 0 aliphatic carbocycles. The van der Waals surface area contributed by atoms with E-state index >= 15 is 0 Å². The molecule has 2 aromatic rings. The fraction of sp³-hybridized carbons (Fsp3) is 0.238. The number of carbonyl (C=O) groups is 2. The summed E-state index contributed by atoms with van der Waals surface area (Å²) in [6, 6.07) is 12.5. The van der Waals surface area contributed by atoms with Crippen LogP contribution in [0.5, 0.6) is 11.5 Å². The average molecular weight is 365 g/mol. The van der Waals surface area contributed by atoms with Gasteiger partial charge in [-0.1, -0.05) is 18.2 Å². The monoisotopic (exact) mass is 365 g/mol. The van der Waals surface area contributed by atoms with Gasteiger partial charge in [0.05, 0.1) is 18.4 Å². The Kier molecular flexibility index (Phi) is 4.11. The van der Waals surface area contributed by atoms with E-state index in [0.29, 0.717) is 17.0 Å². The summed E-state index contributed by atoms with van der Waals surface area (Å²) in [5, 5.41) is 9.84. The van der Waals surface area contributed by atoms with E-state index in [2.05, 4.69) is 0 Å². The highest BCUT2D eigenvalue weighted by Gasteiger charge is 2.43. The van der Waals surface area contributed by atoms with E-state index in [1.807, 2.05) is 31.2 Å². The maximum atomic E-state index is 13.0. The Hall–Kier alpha value is -3.28. The summed E-state index contributed by atoms with van der Waals surface area (Å²) < 4.78 is 10.4. The highest BCUT2D eigenvalue weighted by atomic mass is 16.5. The van der Waals surface area contributed by atoms with E-state index in [4.69, 9.17) is 9.47 Å². The molecule has 2 aliphatic heterocycles. The fourth-order valence-electron chi connectivity index (χ4n) is 3.72. The molecule has 1 amide bonds. The maximum absolute atomic E-state index is 13.0. The number of nitrogens with zero attached hydrogens (tertiary/aromatic N) is 1. The van der Waals surface area contributed by atoms with Crippen molar-refractivity contribution in [3.8, 4) is 11.5 Å². The smallest absolute Gasteiger partial charge is 0.336 e. The standard InChI is InChI=1S/C21H19NO5/c1-12-4-3-5-14(8-12)22-16-11-27-21(25)20(16)15(10-19(22)24)13-6-7-17(23)18(9-13)26-2/h3-9,15,23H,10-11H2,1-2H3/t15-/m1/s1. The third-order valence-electron chi connectivity index (χ3n) is 4.98. The van der Waals surface area contributed by atoms with Crippen molar-refractivity contribution in [1.29, 1.82) is 0 Å². The molecular formula is C21H19NO5. The first-order chi connectivity index (χ1) is 13.0. The molecule has 2 aromatic carbocycles. The summed E-state index contributed by atoms with van der Waals surface area (Å²) in [5.41, 5.74) is 3.56. The quantitative estimate of drug-likeness (QED) is 0.846. The van der Waals surface area contributed by atoms with Gasteiger partial charge in [0.2, 0.25) is 5.91 Å². The predicted molar refractivity (Wildman–Crippen MR) is 98.7 cm³/mol. The van der Waals surface area contributed by atoms with Gasteiger partial charge in [-0.3, -0.25) is 9.69 Å². The molecule has 0 spiro atoms. The van der Waals surface area contributed by atoms with Gasteiger partial charge >= 0.3 is 5.97 Å². The van der Waals surface area contributed by atoms with Crippen LogP contribution in [0.1, 0.15) is 23.5 Å². The lowest BCUT2D eigenvalue weighted by atomic mass is 9.84. The number of cyclic esters (lactones) is 1. The van der Waals surface area contributed by atoms with Crippen molar-refractivity contribution in [2.75, 3.05) is 18.6 Å². The summed E-state index contributed by atoms with van der Waals surface area (Å²) in [6.07, 6.45) is 0.135. The van der Waals surface area contributed by atoms with Gasteiger partial charge in [-0.05, 0) is 42.3 Å². The van der Waals surface area contributed by atoms with Crippen molar-refractivity contribution in [3.63, 3.8) is 0 Å². The molecule has 6 heteroatoms. The van der Waals surface area contributed by atoms with Crippen molar-refractivity contribution >= 4 is 17.6 Å². The molecular weight excluding hydrogens is 346 g/mol. The van der Waals surface area contributed by atoms with Gasteiger partial charge in [-0.25, -0.2) is 4.79 Å². The number of aryl methyl sites for hydroxylation is 1. The second-order valence-electron chi connectivity index (χ2n) is 6.69. The predicted octanol–water partition coefficient (Wildman–Crippen LogP) is 3.04. The number of aromatic hydroxyl groups is 1. The Morgan fingerprint density at radius 1 is 1.19 bits per heavy atom. The normalized spacial score (nSPS) is 19.2. The van der Waals surface area contributed by atoms with Crippen LogP contribution in [0, 0.1) is 6.92 Å². The van der Waals surface area contributed by atoms with Gasteiger partial charge in [-0.15, -0.1) is 0 Å². The second kappa shape index (κ2) is 6.46. The number of hydrogen-bond acceptors (Lipinski definition) is 5. The van der Waals surface area contributed by atoms with Crippen LogP contribution in [0.4, 0.5) is 5.69 Å². The molecule has 138 valence electrons. The molecule has 0 saturated heterocycles. The zero-order chi connectivity index (χ0) is 19.1. The Morgan fingerprint density at radius 3 is 2.74 bits per heavy atom. The minimum atomic E-state index is -0.432. The molecule has 6 nitrogen and oxygen atoms in total. The number of rotatable bonds is 3. The lowest BCUT2D eigenvalue weighted by Gasteiger charge is -2.32. The first-order valence-corrected chi connectivity index (χ1v) is 8.66. The number of phenols is 1. The number of esters is 1. The topological polar surface area (TPSA) is 76.1 Å². The Bertz CT molecular complexity index is 978. The summed E-state index contributed by atoms with van der Waals surface area (Å²) in [5.74, 6) is -0.637. The molecule has 0 unspecified atom stereocenters. The molecule has 0 aromatic heterocycles. The lowest BCUT2D eigenvalue weighted by Crippen LogP contribution is -2.37. The van der Waals surface area contributed by atoms with Crippen LogP contribution in [0.3, 0.4) is 0 Å². The molecule has 1 atom stereocenters. The van der Waals surface area contributed by atoms with Crippen LogP contribution in [0.2, 0.25) is 0 Å². The van der Waals surface area contributed by atoms with Crippen molar-refractivity contribution in [3.05, 3.63) is 64.9 Å². The summed E-state index contributed by atoms with van der Waals surface area (Å²) in [6.45, 7) is 2.02. The summed E-state index contributed by atoms with van der Waals surface area (Å²) >= 11 is 0. The molecule has 0 saturated carbocycles. The van der Waals surface area contributed by atoms with E-state index in [0.717, 1.165) is 16.8 Å². The molecule has 2 heterocycles. The van der Waals surface area contributed by atoms with E-state index in [1.165, 1.54) is 13.2 Å². The molecule has 1 N–H and O–H groups in total. The zero-order valence-corrected chi connectivity index (χ0v) is 15.1. The number of carbonyl (C=O) groups excluding carboxylic acids is 2. The van der Waals surface area contributed by atoms with E-state index in [1.54, 1.807) is 17.0 Å². The summed E-state index contributed by atoms with van der Waals surface area (Å²) in [7, 11) is 1.46. The van der Waals surface area contributed by atoms with Gasteiger partial charge in [0.25, 0.3) is 0 Å². The zero-order valence-electron chi connectivity index (χ0n) is 15.1. The van der Waals surface area contributed by atoms with E-state index < -0.39 is 11.9 Å². The van der Waals surface area contributed by atoms with Gasteiger partial charge < -0.3 is 14.6 Å². The number of ether oxygens (including phenoxy) is 2.